The minimum atomic E-state index is -0.153. The molecule has 4 heteroatoms. The quantitative estimate of drug-likeness (QED) is 0.818. The highest BCUT2D eigenvalue weighted by Crippen LogP contribution is 2.09. The first-order chi connectivity index (χ1) is 7.15. The summed E-state index contributed by atoms with van der Waals surface area (Å²) in [6, 6.07) is 3.56. The average molecular weight is 207 g/mol. The van der Waals surface area contributed by atoms with Crippen molar-refractivity contribution in [1.82, 2.24) is 15.5 Å². The third-order valence-electron chi connectivity index (χ3n) is 2.04. The van der Waals surface area contributed by atoms with Crippen molar-refractivity contribution in [2.45, 2.75) is 33.1 Å². The van der Waals surface area contributed by atoms with Crippen LogP contribution in [0.5, 0.6) is 0 Å². The van der Waals surface area contributed by atoms with Gasteiger partial charge in [0.2, 0.25) is 0 Å². The van der Waals surface area contributed by atoms with Gasteiger partial charge >= 0.3 is 0 Å². The maximum Gasteiger partial charge on any atom is 0.271 e. The zero-order valence-electron chi connectivity index (χ0n) is 9.45. The van der Waals surface area contributed by atoms with Crippen LogP contribution in [-0.4, -0.2) is 22.6 Å². The SMILES string of the molecule is CCCNC(=O)c1ccc(C(C)C)nn1. The standard InChI is InChI=1S/C11H17N3O/c1-4-7-12-11(15)10-6-5-9(8(2)3)13-14-10/h5-6,8H,4,7H2,1-3H3,(H,12,15). The van der Waals surface area contributed by atoms with Gasteiger partial charge in [0.1, 0.15) is 0 Å². The molecule has 0 aliphatic heterocycles. The molecule has 0 aromatic carbocycles. The fourth-order valence-corrected chi connectivity index (χ4v) is 1.10. The van der Waals surface area contributed by atoms with Gasteiger partial charge in [-0.3, -0.25) is 4.79 Å². The summed E-state index contributed by atoms with van der Waals surface area (Å²) >= 11 is 0. The summed E-state index contributed by atoms with van der Waals surface area (Å²) in [5, 5.41) is 10.6. The Morgan fingerprint density at radius 3 is 2.60 bits per heavy atom. The van der Waals surface area contributed by atoms with Crippen LogP contribution >= 0.6 is 0 Å². The molecule has 0 saturated carbocycles. The van der Waals surface area contributed by atoms with E-state index in [4.69, 9.17) is 0 Å². The Hall–Kier alpha value is -1.45. The number of aromatic nitrogens is 2. The van der Waals surface area contributed by atoms with Gasteiger partial charge in [-0.15, -0.1) is 5.10 Å². The number of rotatable bonds is 4. The number of carbonyl (C=O) groups is 1. The van der Waals surface area contributed by atoms with Gasteiger partial charge in [0.05, 0.1) is 5.69 Å². The van der Waals surface area contributed by atoms with E-state index < -0.39 is 0 Å². The van der Waals surface area contributed by atoms with Crippen LogP contribution in [0.25, 0.3) is 0 Å². The maximum atomic E-state index is 11.5. The summed E-state index contributed by atoms with van der Waals surface area (Å²) in [5.74, 6) is 0.185. The minimum absolute atomic E-state index is 0.153. The first-order valence-electron chi connectivity index (χ1n) is 5.27. The molecule has 4 nitrogen and oxygen atoms in total. The molecule has 0 bridgehead atoms. The lowest BCUT2D eigenvalue weighted by molar-refractivity contribution is 0.0947. The maximum absolute atomic E-state index is 11.5. The summed E-state index contributed by atoms with van der Waals surface area (Å²) in [6.45, 7) is 6.77. The molecule has 1 heterocycles. The van der Waals surface area contributed by atoms with E-state index in [1.54, 1.807) is 6.07 Å². The van der Waals surface area contributed by atoms with Crippen molar-refractivity contribution >= 4 is 5.91 Å². The third-order valence-corrected chi connectivity index (χ3v) is 2.04. The average Bonchev–Trinajstić information content (AvgIpc) is 2.26. The van der Waals surface area contributed by atoms with Crippen molar-refractivity contribution in [1.29, 1.82) is 0 Å². The van der Waals surface area contributed by atoms with E-state index in [0.29, 0.717) is 18.2 Å². The number of amides is 1. The molecule has 0 unspecified atom stereocenters. The van der Waals surface area contributed by atoms with E-state index in [1.165, 1.54) is 0 Å². The lowest BCUT2D eigenvalue weighted by atomic mass is 10.1. The molecule has 82 valence electrons. The summed E-state index contributed by atoms with van der Waals surface area (Å²) in [6.07, 6.45) is 0.920. The minimum Gasteiger partial charge on any atom is -0.351 e. The van der Waals surface area contributed by atoms with E-state index in [-0.39, 0.29) is 5.91 Å². The number of carbonyl (C=O) groups excluding carboxylic acids is 1. The monoisotopic (exact) mass is 207 g/mol. The van der Waals surface area contributed by atoms with Gasteiger partial charge in [-0.05, 0) is 24.5 Å². The van der Waals surface area contributed by atoms with Crippen LogP contribution in [0.2, 0.25) is 0 Å². The predicted molar refractivity (Wildman–Crippen MR) is 58.7 cm³/mol. The van der Waals surface area contributed by atoms with Crippen molar-refractivity contribution < 1.29 is 4.79 Å². The van der Waals surface area contributed by atoms with Gasteiger partial charge in [-0.25, -0.2) is 0 Å². The van der Waals surface area contributed by atoms with Crippen LogP contribution in [0.1, 0.15) is 49.3 Å². The van der Waals surface area contributed by atoms with E-state index in [1.807, 2.05) is 26.8 Å². The number of nitrogens with zero attached hydrogens (tertiary/aromatic N) is 2. The van der Waals surface area contributed by atoms with Crippen molar-refractivity contribution in [3.63, 3.8) is 0 Å². The molecule has 1 amide bonds. The molecular weight excluding hydrogens is 190 g/mol. The molecule has 1 aromatic rings. The summed E-state index contributed by atoms with van der Waals surface area (Å²) in [5.41, 5.74) is 1.29. The molecule has 0 fully saturated rings. The molecule has 0 aliphatic rings. The van der Waals surface area contributed by atoms with Crippen molar-refractivity contribution in [2.24, 2.45) is 0 Å². The van der Waals surface area contributed by atoms with Crippen LogP contribution in [-0.2, 0) is 0 Å². The Kier molecular flexibility index (Phi) is 4.21. The topological polar surface area (TPSA) is 54.9 Å². The number of hydrogen-bond donors (Lipinski definition) is 1. The number of nitrogens with one attached hydrogen (secondary N) is 1. The second-order valence-corrected chi connectivity index (χ2v) is 3.75. The molecule has 1 aromatic heterocycles. The van der Waals surface area contributed by atoms with E-state index >= 15 is 0 Å². The highest BCUT2D eigenvalue weighted by atomic mass is 16.1. The highest BCUT2D eigenvalue weighted by molar-refractivity contribution is 5.91. The van der Waals surface area contributed by atoms with Gasteiger partial charge in [-0.2, -0.15) is 5.10 Å². The second kappa shape index (κ2) is 5.44. The second-order valence-electron chi connectivity index (χ2n) is 3.75. The molecule has 1 N–H and O–H groups in total. The van der Waals surface area contributed by atoms with Crippen molar-refractivity contribution in [3.05, 3.63) is 23.5 Å². The molecule has 0 atom stereocenters. The van der Waals surface area contributed by atoms with Crippen molar-refractivity contribution in [3.8, 4) is 0 Å². The van der Waals surface area contributed by atoms with Crippen LogP contribution in [0.15, 0.2) is 12.1 Å². The fraction of sp³-hybridized carbons (Fsp3) is 0.545. The first kappa shape index (κ1) is 11.6. The van der Waals surface area contributed by atoms with E-state index in [2.05, 4.69) is 15.5 Å². The van der Waals surface area contributed by atoms with Crippen LogP contribution < -0.4 is 5.32 Å². The van der Waals surface area contributed by atoms with Crippen LogP contribution in [0.3, 0.4) is 0 Å². The van der Waals surface area contributed by atoms with Gasteiger partial charge in [0.25, 0.3) is 5.91 Å². The summed E-state index contributed by atoms with van der Waals surface area (Å²) < 4.78 is 0. The normalized spacial score (nSPS) is 10.4. The first-order valence-corrected chi connectivity index (χ1v) is 5.27. The van der Waals surface area contributed by atoms with E-state index in [9.17, 15) is 4.79 Å². The number of hydrogen-bond acceptors (Lipinski definition) is 3. The summed E-state index contributed by atoms with van der Waals surface area (Å²) in [7, 11) is 0. The molecule has 15 heavy (non-hydrogen) atoms. The molecule has 1 rings (SSSR count). The Labute approximate surface area is 90.1 Å². The molecule has 0 spiro atoms. The zero-order chi connectivity index (χ0) is 11.3. The van der Waals surface area contributed by atoms with Gasteiger partial charge < -0.3 is 5.32 Å². The summed E-state index contributed by atoms with van der Waals surface area (Å²) in [4.78, 5) is 11.5. The zero-order valence-corrected chi connectivity index (χ0v) is 9.45. The van der Waals surface area contributed by atoms with Crippen LogP contribution in [0, 0.1) is 0 Å². The van der Waals surface area contributed by atoms with Gasteiger partial charge in [-0.1, -0.05) is 20.8 Å². The molecule has 0 aliphatic carbocycles. The fourth-order valence-electron chi connectivity index (χ4n) is 1.10. The predicted octanol–water partition coefficient (Wildman–Crippen LogP) is 1.74. The highest BCUT2D eigenvalue weighted by Gasteiger charge is 2.08. The van der Waals surface area contributed by atoms with Gasteiger partial charge in [0, 0.05) is 6.54 Å². The molecule has 0 radical (unpaired) electrons. The smallest absolute Gasteiger partial charge is 0.271 e. The third kappa shape index (κ3) is 3.31. The Morgan fingerprint density at radius 2 is 2.13 bits per heavy atom. The van der Waals surface area contributed by atoms with Crippen molar-refractivity contribution in [2.75, 3.05) is 6.54 Å². The lowest BCUT2D eigenvalue weighted by Crippen LogP contribution is -2.25. The Morgan fingerprint density at radius 1 is 1.40 bits per heavy atom. The Balaban J connectivity index is 2.67. The largest absolute Gasteiger partial charge is 0.351 e. The van der Waals surface area contributed by atoms with Gasteiger partial charge in [0.15, 0.2) is 5.69 Å². The Bertz CT molecular complexity index is 319. The molecule has 0 saturated heterocycles. The van der Waals surface area contributed by atoms with E-state index in [0.717, 1.165) is 12.1 Å². The van der Waals surface area contributed by atoms with Crippen LogP contribution in [0.4, 0.5) is 0 Å². The lowest BCUT2D eigenvalue weighted by Gasteiger charge is -2.04. The molecular formula is C11H17N3O.